The maximum atomic E-state index is 11.0. The molecule has 0 fully saturated rings. The van der Waals surface area contributed by atoms with Crippen LogP contribution in [0, 0.1) is 0 Å². The fraction of sp³-hybridized carbons (Fsp3) is 0.455. The molecule has 0 aromatic carbocycles. The van der Waals surface area contributed by atoms with E-state index in [1.165, 1.54) is 0 Å². The Kier molecular flexibility index (Phi) is 6.17. The van der Waals surface area contributed by atoms with Crippen molar-refractivity contribution in [3.05, 3.63) is 24.5 Å². The molecule has 1 aromatic rings. The Bertz CT molecular complexity index is 307. The van der Waals surface area contributed by atoms with E-state index in [1.54, 1.807) is 23.9 Å². The molecule has 0 unspecified atom stereocenters. The lowest BCUT2D eigenvalue weighted by Gasteiger charge is -2.19. The predicted molar refractivity (Wildman–Crippen MR) is 56.5 cm³/mol. The molecular weight excluding hydrogens is 256 g/mol. The molecule has 0 amide bonds. The van der Waals surface area contributed by atoms with Crippen LogP contribution in [0.25, 0.3) is 0 Å². The van der Waals surface area contributed by atoms with E-state index in [0.717, 1.165) is 18.8 Å². The molecule has 0 N–H and O–H groups in total. The Balaban J connectivity index is 0.00000196. The molecule has 1 aromatic heterocycles. The Morgan fingerprint density at radius 1 is 1.27 bits per heavy atom. The highest BCUT2D eigenvalue weighted by Crippen LogP contribution is 2.09. The van der Waals surface area contributed by atoms with Gasteiger partial charge in [-0.15, -0.1) is 4.57 Å². The van der Waals surface area contributed by atoms with E-state index in [1.807, 2.05) is 12.1 Å². The summed E-state index contributed by atoms with van der Waals surface area (Å²) in [5.41, 5.74) is 1.16. The summed E-state index contributed by atoms with van der Waals surface area (Å²) in [6.45, 7) is 7.77. The van der Waals surface area contributed by atoms with Crippen LogP contribution < -0.4 is 26.4 Å². The average Bonchev–Trinajstić information content (AvgIpc) is 2.20. The Morgan fingerprint density at radius 2 is 1.73 bits per heavy atom. The summed E-state index contributed by atoms with van der Waals surface area (Å²) in [5, 5.41) is 0. The van der Waals surface area contributed by atoms with E-state index in [9.17, 15) is 4.79 Å². The van der Waals surface area contributed by atoms with Crippen molar-refractivity contribution in [2.45, 2.75) is 20.8 Å². The molecule has 0 saturated carbocycles. The fourth-order valence-electron chi connectivity index (χ4n) is 1.43. The maximum Gasteiger partial charge on any atom is 0.389 e. The van der Waals surface area contributed by atoms with Crippen molar-refractivity contribution in [3.63, 3.8) is 0 Å². The van der Waals surface area contributed by atoms with Gasteiger partial charge in [-0.3, -0.25) is 0 Å². The van der Waals surface area contributed by atoms with Gasteiger partial charge in [0, 0.05) is 30.9 Å². The monoisotopic (exact) mass is 272 g/mol. The van der Waals surface area contributed by atoms with Crippen LogP contribution in [0.4, 0.5) is 5.69 Å². The van der Waals surface area contributed by atoms with E-state index in [0.29, 0.717) is 0 Å². The topological polar surface area (TPSA) is 24.2 Å². The van der Waals surface area contributed by atoms with Gasteiger partial charge in [-0.1, -0.05) is 0 Å². The standard InChI is InChI=1S/C11H17N2O.BrH/c1-4-12(5-2)11-6-8-13(9-7-11)10(3)14;/h6-9H,4-5H2,1-3H3;1H/q+1;/p-1. The van der Waals surface area contributed by atoms with Crippen LogP contribution in [0.15, 0.2) is 24.5 Å². The second kappa shape index (κ2) is 6.56. The van der Waals surface area contributed by atoms with Gasteiger partial charge in [-0.05, 0) is 13.8 Å². The molecule has 0 aliphatic carbocycles. The van der Waals surface area contributed by atoms with Crippen LogP contribution in [0.2, 0.25) is 0 Å². The molecule has 0 aliphatic heterocycles. The maximum absolute atomic E-state index is 11.0. The second-order valence-electron chi connectivity index (χ2n) is 3.15. The summed E-state index contributed by atoms with van der Waals surface area (Å²) < 4.78 is 1.58. The minimum Gasteiger partial charge on any atom is -1.00 e. The van der Waals surface area contributed by atoms with Crippen molar-refractivity contribution in [1.29, 1.82) is 0 Å². The number of carbonyl (C=O) groups is 1. The first-order chi connectivity index (χ1) is 6.69. The zero-order valence-electron chi connectivity index (χ0n) is 9.40. The predicted octanol–water partition coefficient (Wildman–Crippen LogP) is -1.52. The zero-order valence-corrected chi connectivity index (χ0v) is 11.0. The summed E-state index contributed by atoms with van der Waals surface area (Å²) in [6.07, 6.45) is 3.60. The molecule has 1 heterocycles. The molecule has 15 heavy (non-hydrogen) atoms. The molecule has 0 radical (unpaired) electrons. The van der Waals surface area contributed by atoms with Gasteiger partial charge in [0.15, 0.2) is 12.4 Å². The zero-order chi connectivity index (χ0) is 10.6. The summed E-state index contributed by atoms with van der Waals surface area (Å²) in [6, 6.07) is 3.93. The summed E-state index contributed by atoms with van der Waals surface area (Å²) >= 11 is 0. The first-order valence-electron chi connectivity index (χ1n) is 4.96. The molecule has 84 valence electrons. The number of pyridine rings is 1. The number of rotatable bonds is 3. The van der Waals surface area contributed by atoms with Crippen molar-refractivity contribution >= 4 is 11.6 Å². The number of nitrogens with zero attached hydrogens (tertiary/aromatic N) is 2. The van der Waals surface area contributed by atoms with Crippen molar-refractivity contribution in [2.75, 3.05) is 18.0 Å². The fourth-order valence-corrected chi connectivity index (χ4v) is 1.43. The van der Waals surface area contributed by atoms with Crippen molar-refractivity contribution in [1.82, 2.24) is 0 Å². The smallest absolute Gasteiger partial charge is 0.389 e. The third-order valence-corrected chi connectivity index (χ3v) is 2.30. The van der Waals surface area contributed by atoms with Crippen LogP contribution in [0.3, 0.4) is 0 Å². The van der Waals surface area contributed by atoms with Crippen LogP contribution in [0.1, 0.15) is 25.6 Å². The molecule has 0 bridgehead atoms. The van der Waals surface area contributed by atoms with Crippen LogP contribution in [-0.2, 0) is 0 Å². The number of carbonyl (C=O) groups excluding carboxylic acids is 1. The van der Waals surface area contributed by atoms with E-state index in [-0.39, 0.29) is 22.9 Å². The number of anilines is 1. The van der Waals surface area contributed by atoms with E-state index < -0.39 is 0 Å². The molecule has 3 nitrogen and oxygen atoms in total. The van der Waals surface area contributed by atoms with Crippen LogP contribution >= 0.6 is 0 Å². The lowest BCUT2D eigenvalue weighted by atomic mass is 10.3. The first kappa shape index (κ1) is 14.1. The third kappa shape index (κ3) is 3.63. The van der Waals surface area contributed by atoms with Crippen molar-refractivity contribution < 1.29 is 26.3 Å². The van der Waals surface area contributed by atoms with Crippen molar-refractivity contribution in [3.8, 4) is 0 Å². The van der Waals surface area contributed by atoms with Gasteiger partial charge < -0.3 is 21.9 Å². The highest BCUT2D eigenvalue weighted by atomic mass is 79.9. The van der Waals surface area contributed by atoms with E-state index in [4.69, 9.17) is 0 Å². The minimum atomic E-state index is 0. The normalized spacial score (nSPS) is 9.27. The van der Waals surface area contributed by atoms with Gasteiger partial charge in [-0.25, -0.2) is 4.79 Å². The number of aromatic nitrogens is 1. The quantitative estimate of drug-likeness (QED) is 0.625. The van der Waals surface area contributed by atoms with Gasteiger partial charge in [0.1, 0.15) is 0 Å². The van der Waals surface area contributed by atoms with Crippen molar-refractivity contribution in [2.24, 2.45) is 0 Å². The van der Waals surface area contributed by atoms with Gasteiger partial charge in [0.25, 0.3) is 0 Å². The van der Waals surface area contributed by atoms with Crippen LogP contribution in [-0.4, -0.2) is 19.0 Å². The molecular formula is C11H17BrN2O. The highest BCUT2D eigenvalue weighted by Gasteiger charge is 2.08. The Hall–Kier alpha value is -0.900. The molecule has 0 spiro atoms. The molecule has 4 heteroatoms. The summed E-state index contributed by atoms with van der Waals surface area (Å²) in [7, 11) is 0. The summed E-state index contributed by atoms with van der Waals surface area (Å²) in [5.74, 6) is 0.0381. The number of halogens is 1. The van der Waals surface area contributed by atoms with Gasteiger partial charge in [-0.2, -0.15) is 0 Å². The largest absolute Gasteiger partial charge is 1.00 e. The van der Waals surface area contributed by atoms with E-state index in [2.05, 4.69) is 18.7 Å². The minimum absolute atomic E-state index is 0. The first-order valence-corrected chi connectivity index (χ1v) is 4.96. The third-order valence-electron chi connectivity index (χ3n) is 2.30. The van der Waals surface area contributed by atoms with Gasteiger partial charge in [0.05, 0.1) is 6.92 Å². The molecule has 0 atom stereocenters. The molecule has 0 aliphatic rings. The van der Waals surface area contributed by atoms with E-state index >= 15 is 0 Å². The average molecular weight is 273 g/mol. The lowest BCUT2D eigenvalue weighted by molar-refractivity contribution is -0.572. The van der Waals surface area contributed by atoms with Crippen LogP contribution in [0.5, 0.6) is 0 Å². The number of hydrogen-bond donors (Lipinski definition) is 0. The SMILES string of the molecule is CCN(CC)c1cc[n+](C(C)=O)cc1.[Br-]. The van der Waals surface area contributed by atoms with Gasteiger partial charge in [0.2, 0.25) is 0 Å². The summed E-state index contributed by atoms with van der Waals surface area (Å²) in [4.78, 5) is 13.3. The number of hydrogen-bond acceptors (Lipinski definition) is 2. The Labute approximate surface area is 101 Å². The lowest BCUT2D eigenvalue weighted by Crippen LogP contribution is -3.00. The van der Waals surface area contributed by atoms with Gasteiger partial charge >= 0.3 is 5.91 Å². The Morgan fingerprint density at radius 3 is 2.07 bits per heavy atom. The highest BCUT2D eigenvalue weighted by molar-refractivity contribution is 5.63. The second-order valence-corrected chi connectivity index (χ2v) is 3.15. The molecule has 1 rings (SSSR count). The molecule has 0 saturated heterocycles.